The lowest BCUT2D eigenvalue weighted by Crippen LogP contribution is -2.25. The molecule has 0 amide bonds. The molecule has 0 saturated carbocycles. The number of anilines is 1. The average molecular weight is 352 g/mol. The highest BCUT2D eigenvalue weighted by atomic mass is 79.9. The average Bonchev–Trinajstić information content (AvgIpc) is 2.77. The van der Waals surface area contributed by atoms with Gasteiger partial charge in [0.15, 0.2) is 0 Å². The second kappa shape index (κ2) is 5.13. The van der Waals surface area contributed by atoms with Crippen molar-refractivity contribution in [1.82, 2.24) is 9.78 Å². The first-order chi connectivity index (χ1) is 9.89. The number of hydrogen-bond acceptors (Lipinski definition) is 2. The number of halogens is 2. The van der Waals surface area contributed by atoms with Crippen LogP contribution < -0.4 is 5.32 Å². The van der Waals surface area contributed by atoms with Crippen LogP contribution in [0.5, 0.6) is 0 Å². The van der Waals surface area contributed by atoms with E-state index in [-0.39, 0.29) is 17.3 Å². The van der Waals surface area contributed by atoms with E-state index >= 15 is 0 Å². The third-order valence-electron chi connectivity index (χ3n) is 3.83. The minimum absolute atomic E-state index is 0.0603. The lowest BCUT2D eigenvalue weighted by molar-refractivity contribution is 0.445. The van der Waals surface area contributed by atoms with Gasteiger partial charge in [-0.2, -0.15) is 5.10 Å². The normalized spacial score (nSPS) is 18.2. The molecule has 3 rings (SSSR count). The van der Waals surface area contributed by atoms with Crippen molar-refractivity contribution in [2.75, 3.05) is 11.9 Å². The number of rotatable bonds is 1. The monoisotopic (exact) mass is 351 g/mol. The van der Waals surface area contributed by atoms with Crippen LogP contribution in [-0.2, 0) is 5.41 Å². The Morgan fingerprint density at radius 2 is 2.05 bits per heavy atom. The molecule has 0 saturated heterocycles. The number of benzene rings is 1. The first kappa shape index (κ1) is 14.6. The molecule has 1 aromatic heterocycles. The summed E-state index contributed by atoms with van der Waals surface area (Å²) in [5, 5.41) is 8.13. The van der Waals surface area contributed by atoms with Crippen molar-refractivity contribution >= 4 is 21.7 Å². The van der Waals surface area contributed by atoms with Crippen molar-refractivity contribution in [3.63, 3.8) is 0 Å². The van der Waals surface area contributed by atoms with Crippen LogP contribution >= 0.6 is 15.9 Å². The van der Waals surface area contributed by atoms with Crippen molar-refractivity contribution < 1.29 is 4.39 Å². The van der Waals surface area contributed by atoms with Gasteiger partial charge >= 0.3 is 0 Å². The Balaban J connectivity index is 2.13. The van der Waals surface area contributed by atoms with Gasteiger partial charge < -0.3 is 5.32 Å². The molecule has 1 aliphatic heterocycles. The van der Waals surface area contributed by atoms with E-state index in [9.17, 15) is 4.39 Å². The number of nitrogens with one attached hydrogen (secondary N) is 1. The van der Waals surface area contributed by atoms with Gasteiger partial charge in [-0.1, -0.05) is 39.0 Å². The molecule has 1 aliphatic rings. The van der Waals surface area contributed by atoms with Crippen LogP contribution in [0.2, 0.25) is 0 Å². The Bertz CT molecular complexity index is 673. The molecule has 2 heterocycles. The molecule has 2 aromatic rings. The van der Waals surface area contributed by atoms with E-state index in [1.807, 2.05) is 16.8 Å². The molecule has 1 aromatic carbocycles. The smallest absolute Gasteiger partial charge is 0.139 e. The van der Waals surface area contributed by atoms with Gasteiger partial charge in [-0.3, -0.25) is 0 Å². The highest BCUT2D eigenvalue weighted by molar-refractivity contribution is 9.10. The Kier molecular flexibility index (Phi) is 3.56. The summed E-state index contributed by atoms with van der Waals surface area (Å²) in [6.07, 6.45) is 0.825. The summed E-state index contributed by atoms with van der Waals surface area (Å²) in [6, 6.07) is 6.90. The van der Waals surface area contributed by atoms with E-state index in [2.05, 4.69) is 42.0 Å². The number of hydrogen-bond donors (Lipinski definition) is 1. The molecule has 5 heteroatoms. The molecular formula is C16H19BrFN3. The van der Waals surface area contributed by atoms with Crippen LogP contribution in [0, 0.1) is 5.82 Å². The first-order valence-electron chi connectivity index (χ1n) is 7.16. The molecule has 0 spiro atoms. The first-order valence-corrected chi connectivity index (χ1v) is 7.95. The van der Waals surface area contributed by atoms with Gasteiger partial charge in [0.05, 0.1) is 16.2 Å². The summed E-state index contributed by atoms with van der Waals surface area (Å²) in [5.41, 5.74) is 1.63. The predicted octanol–water partition coefficient (Wildman–Crippen LogP) is 4.49. The zero-order valence-electron chi connectivity index (χ0n) is 12.5. The van der Waals surface area contributed by atoms with E-state index in [0.29, 0.717) is 5.56 Å². The Morgan fingerprint density at radius 1 is 1.33 bits per heavy atom. The lowest BCUT2D eigenvalue weighted by atomic mass is 9.92. The fourth-order valence-electron chi connectivity index (χ4n) is 2.76. The molecule has 1 atom stereocenters. The molecule has 3 nitrogen and oxygen atoms in total. The van der Waals surface area contributed by atoms with E-state index in [0.717, 1.165) is 29.0 Å². The Labute approximate surface area is 132 Å². The second-order valence-corrected chi connectivity index (χ2v) is 7.25. The van der Waals surface area contributed by atoms with Gasteiger partial charge in [0.2, 0.25) is 0 Å². The van der Waals surface area contributed by atoms with Gasteiger partial charge in [0.1, 0.15) is 11.6 Å². The van der Waals surface area contributed by atoms with Crippen molar-refractivity contribution in [1.29, 1.82) is 0 Å². The molecule has 1 N–H and O–H groups in total. The van der Waals surface area contributed by atoms with Gasteiger partial charge in [-0.15, -0.1) is 0 Å². The molecular weight excluding hydrogens is 333 g/mol. The topological polar surface area (TPSA) is 29.9 Å². The second-order valence-electron chi connectivity index (χ2n) is 6.46. The number of aromatic nitrogens is 2. The Morgan fingerprint density at radius 3 is 2.71 bits per heavy atom. The molecule has 21 heavy (non-hydrogen) atoms. The van der Waals surface area contributed by atoms with Crippen LogP contribution in [0.25, 0.3) is 0 Å². The highest BCUT2D eigenvalue weighted by Crippen LogP contribution is 2.40. The number of fused-ring (bicyclic) bond motifs is 1. The SMILES string of the molecule is CC(C)(C)c1nn2c(c1Br)NCCC2c1ccccc1F. The zero-order chi connectivity index (χ0) is 15.2. The van der Waals surface area contributed by atoms with Crippen molar-refractivity contribution in [2.24, 2.45) is 0 Å². The standard InChI is InChI=1S/C16H19BrFN3/c1-16(2,3)14-13(17)15-19-9-8-12(21(15)20-14)10-6-4-5-7-11(10)18/h4-7,12,19H,8-9H2,1-3H3. The highest BCUT2D eigenvalue weighted by Gasteiger charge is 2.31. The molecule has 1 unspecified atom stereocenters. The zero-order valence-corrected chi connectivity index (χ0v) is 14.0. The summed E-state index contributed by atoms with van der Waals surface area (Å²) in [4.78, 5) is 0. The van der Waals surface area contributed by atoms with E-state index in [1.54, 1.807) is 6.07 Å². The predicted molar refractivity (Wildman–Crippen MR) is 86.3 cm³/mol. The molecule has 0 bridgehead atoms. The summed E-state index contributed by atoms with van der Waals surface area (Å²) >= 11 is 3.65. The third kappa shape index (κ3) is 2.48. The minimum atomic E-state index is -0.167. The molecule has 0 fully saturated rings. The van der Waals surface area contributed by atoms with Crippen LogP contribution in [0.1, 0.15) is 44.5 Å². The minimum Gasteiger partial charge on any atom is -0.369 e. The van der Waals surface area contributed by atoms with Crippen LogP contribution in [0.4, 0.5) is 10.2 Å². The summed E-state index contributed by atoms with van der Waals surface area (Å²) in [5.74, 6) is 0.777. The number of nitrogens with zero attached hydrogens (tertiary/aromatic N) is 2. The van der Waals surface area contributed by atoms with E-state index < -0.39 is 0 Å². The third-order valence-corrected chi connectivity index (χ3v) is 4.58. The van der Waals surface area contributed by atoms with E-state index in [1.165, 1.54) is 6.07 Å². The van der Waals surface area contributed by atoms with Crippen LogP contribution in [-0.4, -0.2) is 16.3 Å². The van der Waals surface area contributed by atoms with Gasteiger partial charge in [0, 0.05) is 17.5 Å². The maximum atomic E-state index is 14.1. The van der Waals surface area contributed by atoms with Gasteiger partial charge in [-0.05, 0) is 28.4 Å². The molecule has 0 aliphatic carbocycles. The summed E-state index contributed by atoms with van der Waals surface area (Å²) in [7, 11) is 0. The molecule has 112 valence electrons. The lowest BCUT2D eigenvalue weighted by Gasteiger charge is -2.26. The largest absolute Gasteiger partial charge is 0.369 e. The van der Waals surface area contributed by atoms with E-state index in [4.69, 9.17) is 5.10 Å². The van der Waals surface area contributed by atoms with Gasteiger partial charge in [0.25, 0.3) is 0 Å². The van der Waals surface area contributed by atoms with Crippen molar-refractivity contribution in [3.8, 4) is 0 Å². The quantitative estimate of drug-likeness (QED) is 0.820. The summed E-state index contributed by atoms with van der Waals surface area (Å²) < 4.78 is 17.0. The van der Waals surface area contributed by atoms with Crippen LogP contribution in [0.15, 0.2) is 28.7 Å². The fourth-order valence-corrected chi connectivity index (χ4v) is 3.76. The maximum Gasteiger partial charge on any atom is 0.139 e. The van der Waals surface area contributed by atoms with Gasteiger partial charge in [-0.25, -0.2) is 9.07 Å². The van der Waals surface area contributed by atoms with Crippen molar-refractivity contribution in [2.45, 2.75) is 38.6 Å². The fraction of sp³-hybridized carbons (Fsp3) is 0.438. The Hall–Kier alpha value is -1.36. The molecule has 0 radical (unpaired) electrons. The van der Waals surface area contributed by atoms with Crippen LogP contribution in [0.3, 0.4) is 0 Å². The summed E-state index contributed by atoms with van der Waals surface area (Å²) in [6.45, 7) is 7.20. The maximum absolute atomic E-state index is 14.1. The van der Waals surface area contributed by atoms with Crippen molar-refractivity contribution in [3.05, 3.63) is 45.8 Å².